The van der Waals surface area contributed by atoms with Gasteiger partial charge < -0.3 is 19.4 Å². The van der Waals surface area contributed by atoms with Gasteiger partial charge in [-0.25, -0.2) is 0 Å². The van der Waals surface area contributed by atoms with Gasteiger partial charge in [-0.1, -0.05) is 29.8 Å². The van der Waals surface area contributed by atoms with Gasteiger partial charge in [-0.05, 0) is 124 Å². The fraction of sp³-hybridized carbons (Fsp3) is 0.359. The van der Waals surface area contributed by atoms with Gasteiger partial charge in [0.25, 0.3) is 0 Å². The van der Waals surface area contributed by atoms with Gasteiger partial charge >= 0.3 is 5.97 Å². The number of hydrogen-bond acceptors (Lipinski definition) is 6. The van der Waals surface area contributed by atoms with Gasteiger partial charge in [0, 0.05) is 67.1 Å². The Morgan fingerprint density at radius 1 is 0.979 bits per heavy atom. The van der Waals surface area contributed by atoms with Crippen molar-refractivity contribution in [3.05, 3.63) is 119 Å². The van der Waals surface area contributed by atoms with Crippen LogP contribution in [-0.2, 0) is 27.3 Å². The number of amides is 1. The van der Waals surface area contributed by atoms with Gasteiger partial charge in [0.05, 0.1) is 12.5 Å². The van der Waals surface area contributed by atoms with Crippen LogP contribution in [-0.4, -0.2) is 42.1 Å². The fourth-order valence-corrected chi connectivity index (χ4v) is 6.29. The number of carbonyl (C=O) groups is 2. The van der Waals surface area contributed by atoms with Crippen molar-refractivity contribution in [1.82, 2.24) is 4.98 Å². The molecule has 0 fully saturated rings. The third kappa shape index (κ3) is 8.52. The molecule has 3 aromatic carbocycles. The number of ether oxygens (including phenoxy) is 1. The lowest BCUT2D eigenvalue weighted by Crippen LogP contribution is -2.41. The molecular weight excluding hydrogens is 608 g/mol. The van der Waals surface area contributed by atoms with Crippen molar-refractivity contribution in [3.8, 4) is 0 Å². The molecule has 0 spiro atoms. The van der Waals surface area contributed by atoms with Gasteiger partial charge in [0.1, 0.15) is 5.60 Å². The van der Waals surface area contributed by atoms with E-state index < -0.39 is 5.60 Å². The Balaban J connectivity index is 1.45. The smallest absolute Gasteiger partial charge is 0.306 e. The van der Waals surface area contributed by atoms with E-state index in [0.29, 0.717) is 30.8 Å². The molecule has 1 aliphatic heterocycles. The molecule has 1 aliphatic rings. The predicted octanol–water partition coefficient (Wildman–Crippen LogP) is 8.39. The number of nitrogens with zero attached hydrogens (tertiary/aromatic N) is 4. The third-order valence-corrected chi connectivity index (χ3v) is 8.62. The molecule has 1 atom stereocenters. The number of benzene rings is 3. The minimum atomic E-state index is -0.496. The Morgan fingerprint density at radius 2 is 1.64 bits per heavy atom. The van der Waals surface area contributed by atoms with Crippen molar-refractivity contribution in [2.75, 3.05) is 28.3 Å². The summed E-state index contributed by atoms with van der Waals surface area (Å²) in [7, 11) is 2.06. The van der Waals surface area contributed by atoms with Crippen LogP contribution in [0.5, 0.6) is 0 Å². The molecule has 0 saturated heterocycles. The quantitative estimate of drug-likeness (QED) is 0.152. The normalized spacial score (nSPS) is 14.6. The van der Waals surface area contributed by atoms with Crippen molar-refractivity contribution in [1.29, 1.82) is 0 Å². The van der Waals surface area contributed by atoms with Crippen LogP contribution >= 0.6 is 11.6 Å². The maximum absolute atomic E-state index is 13.9. The number of anilines is 3. The highest BCUT2D eigenvalue weighted by Crippen LogP contribution is 2.41. The molecule has 1 amide bonds. The van der Waals surface area contributed by atoms with Crippen molar-refractivity contribution in [2.24, 2.45) is 0 Å². The molecule has 5 rings (SSSR count). The van der Waals surface area contributed by atoms with E-state index in [2.05, 4.69) is 66.0 Å². The average molecular weight is 653 g/mol. The summed E-state index contributed by atoms with van der Waals surface area (Å²) in [6.45, 7) is 11.4. The lowest BCUT2D eigenvalue weighted by Gasteiger charge is -2.39. The maximum Gasteiger partial charge on any atom is 0.306 e. The summed E-state index contributed by atoms with van der Waals surface area (Å²) < 4.78 is 5.53. The molecule has 47 heavy (non-hydrogen) atoms. The highest BCUT2D eigenvalue weighted by Gasteiger charge is 2.35. The molecular formula is C39H45ClN4O3. The maximum atomic E-state index is 13.9. The Labute approximate surface area is 284 Å². The van der Waals surface area contributed by atoms with Crippen LogP contribution in [0.1, 0.15) is 75.8 Å². The topological polar surface area (TPSA) is 66.0 Å². The molecule has 246 valence electrons. The molecule has 0 bridgehead atoms. The molecule has 8 heteroatoms. The second kappa shape index (κ2) is 14.6. The summed E-state index contributed by atoms with van der Waals surface area (Å²) in [5.41, 5.74) is 6.72. The van der Waals surface area contributed by atoms with E-state index in [-0.39, 0.29) is 24.0 Å². The highest BCUT2D eigenvalue weighted by molar-refractivity contribution is 6.30. The highest BCUT2D eigenvalue weighted by atomic mass is 35.5. The Hall–Kier alpha value is -4.36. The van der Waals surface area contributed by atoms with Crippen molar-refractivity contribution in [3.63, 3.8) is 0 Å². The van der Waals surface area contributed by atoms with Crippen LogP contribution in [0, 0.1) is 0 Å². The largest absolute Gasteiger partial charge is 0.460 e. The first-order chi connectivity index (χ1) is 22.4. The number of pyridine rings is 1. The molecule has 4 aromatic rings. The summed E-state index contributed by atoms with van der Waals surface area (Å²) in [6.07, 6.45) is 4.95. The molecule has 0 saturated carbocycles. The summed E-state index contributed by atoms with van der Waals surface area (Å²) in [6, 6.07) is 26.3. The Kier molecular flexibility index (Phi) is 10.6. The first-order valence-electron chi connectivity index (χ1n) is 16.3. The van der Waals surface area contributed by atoms with E-state index in [0.717, 1.165) is 40.3 Å². The number of carbonyl (C=O) groups excluding carboxylic acids is 2. The van der Waals surface area contributed by atoms with Crippen LogP contribution in [0.4, 0.5) is 17.1 Å². The van der Waals surface area contributed by atoms with E-state index in [4.69, 9.17) is 16.3 Å². The second-order valence-electron chi connectivity index (χ2n) is 13.5. The van der Waals surface area contributed by atoms with Gasteiger partial charge in [0.15, 0.2) is 0 Å². The van der Waals surface area contributed by atoms with Gasteiger partial charge in [-0.3, -0.25) is 14.6 Å². The third-order valence-electron chi connectivity index (χ3n) is 8.37. The fourth-order valence-electron chi connectivity index (χ4n) is 6.17. The summed E-state index contributed by atoms with van der Waals surface area (Å²) >= 11 is 6.32. The summed E-state index contributed by atoms with van der Waals surface area (Å²) in [5, 5.41) is 0.647. The SMILES string of the molecule is CC(C)N(CCCC(=O)OC(C)(C)C)c1ccc2c(c1)C(c1ccc(Cl)cc1)N(c1ccc(N(C)Cc3ccncc3)cc1)C(=O)C2. The molecule has 1 unspecified atom stereocenters. The van der Waals surface area contributed by atoms with Gasteiger partial charge in [0.2, 0.25) is 5.91 Å². The number of aromatic nitrogens is 1. The summed E-state index contributed by atoms with van der Waals surface area (Å²) in [5.74, 6) is -0.139. The van der Waals surface area contributed by atoms with E-state index in [1.165, 1.54) is 5.56 Å². The van der Waals surface area contributed by atoms with E-state index >= 15 is 0 Å². The zero-order valence-corrected chi connectivity index (χ0v) is 29.0. The van der Waals surface area contributed by atoms with Gasteiger partial charge in [-0.15, -0.1) is 0 Å². The van der Waals surface area contributed by atoms with Crippen molar-refractivity contribution < 1.29 is 14.3 Å². The average Bonchev–Trinajstić information content (AvgIpc) is 3.02. The lowest BCUT2D eigenvalue weighted by atomic mass is 9.86. The standard InChI is InChI=1S/C39H45ClN4O3/c1-27(2)43(23-7-8-37(46)47-39(3,4)5)34-14-11-30-24-36(45)44(38(35(30)25-34)29-9-12-31(40)13-10-29)33-17-15-32(16-18-33)42(6)26-28-19-21-41-22-20-28/h9-22,25,27,38H,7-8,23-24,26H2,1-6H3. The monoisotopic (exact) mass is 652 g/mol. The van der Waals surface area contributed by atoms with Gasteiger partial charge in [-0.2, -0.15) is 0 Å². The molecule has 0 N–H and O–H groups in total. The molecule has 0 radical (unpaired) electrons. The number of fused-ring (bicyclic) bond motifs is 1. The second-order valence-corrected chi connectivity index (χ2v) is 13.9. The molecule has 1 aromatic heterocycles. The van der Waals surface area contributed by atoms with Crippen LogP contribution in [0.2, 0.25) is 5.02 Å². The first-order valence-corrected chi connectivity index (χ1v) is 16.7. The van der Waals surface area contributed by atoms with E-state index in [1.807, 2.05) is 74.2 Å². The number of hydrogen-bond donors (Lipinski definition) is 0. The number of halogens is 1. The molecule has 2 heterocycles. The van der Waals surface area contributed by atoms with Crippen molar-refractivity contribution >= 4 is 40.5 Å². The zero-order chi connectivity index (χ0) is 33.7. The first kappa shape index (κ1) is 34.0. The number of rotatable bonds is 11. The van der Waals surface area contributed by atoms with Crippen LogP contribution in [0.15, 0.2) is 91.3 Å². The Morgan fingerprint density at radius 3 is 2.28 bits per heavy atom. The van der Waals surface area contributed by atoms with Crippen molar-refractivity contribution in [2.45, 2.75) is 78.1 Å². The Bertz CT molecular complexity index is 1670. The minimum absolute atomic E-state index is 0.0427. The molecule has 7 nitrogen and oxygen atoms in total. The van der Waals surface area contributed by atoms with E-state index in [1.54, 1.807) is 12.4 Å². The predicted molar refractivity (Wildman–Crippen MR) is 191 cm³/mol. The van der Waals surface area contributed by atoms with Crippen LogP contribution < -0.4 is 14.7 Å². The summed E-state index contributed by atoms with van der Waals surface area (Å²) in [4.78, 5) is 36.9. The van der Waals surface area contributed by atoms with Crippen LogP contribution in [0.25, 0.3) is 0 Å². The van der Waals surface area contributed by atoms with Crippen LogP contribution in [0.3, 0.4) is 0 Å². The number of esters is 1. The lowest BCUT2D eigenvalue weighted by molar-refractivity contribution is -0.154. The molecule has 0 aliphatic carbocycles. The minimum Gasteiger partial charge on any atom is -0.460 e. The van der Waals surface area contributed by atoms with E-state index in [9.17, 15) is 9.59 Å². The zero-order valence-electron chi connectivity index (χ0n) is 28.2.